The van der Waals surface area contributed by atoms with Crippen molar-refractivity contribution < 1.29 is 17.4 Å². The smallest absolute Gasteiger partial charge is 0.339 e. The number of nitrogens with zero attached hydrogens (tertiary/aromatic N) is 2. The molecule has 8 heteroatoms. The maximum atomic E-state index is 12.7. The number of carbonyl (C=O) groups excluding carboxylic acids is 1. The molecule has 2 aromatic carbocycles. The predicted molar refractivity (Wildman–Crippen MR) is 113 cm³/mol. The Morgan fingerprint density at radius 2 is 1.83 bits per heavy atom. The predicted octanol–water partition coefficient (Wildman–Crippen LogP) is 3.55. The summed E-state index contributed by atoms with van der Waals surface area (Å²) in [5, 5.41) is 7.37. The van der Waals surface area contributed by atoms with Crippen LogP contribution in [0.15, 0.2) is 47.4 Å². The number of nitrogens with one attached hydrogen (secondary N) is 1. The van der Waals surface area contributed by atoms with Crippen LogP contribution in [-0.2, 0) is 30.0 Å². The number of aryl methyl sites for hydroxylation is 4. The van der Waals surface area contributed by atoms with Gasteiger partial charge in [0.2, 0.25) is 0 Å². The zero-order valence-electron chi connectivity index (χ0n) is 17.1. The van der Waals surface area contributed by atoms with Crippen LogP contribution in [0.2, 0.25) is 0 Å². The molecular weight excluding hydrogens is 402 g/mol. The second kappa shape index (κ2) is 7.60. The van der Waals surface area contributed by atoms with Gasteiger partial charge in [-0.1, -0.05) is 12.1 Å². The van der Waals surface area contributed by atoms with Crippen molar-refractivity contribution in [3.63, 3.8) is 0 Å². The zero-order valence-corrected chi connectivity index (χ0v) is 17.9. The molecule has 1 amide bonds. The van der Waals surface area contributed by atoms with Crippen molar-refractivity contribution in [2.45, 2.75) is 38.0 Å². The van der Waals surface area contributed by atoms with Gasteiger partial charge in [-0.2, -0.15) is 13.5 Å². The summed E-state index contributed by atoms with van der Waals surface area (Å²) >= 11 is 0. The molecule has 0 bridgehead atoms. The van der Waals surface area contributed by atoms with E-state index in [4.69, 9.17) is 4.18 Å². The molecule has 0 fully saturated rings. The molecule has 156 valence electrons. The van der Waals surface area contributed by atoms with Crippen LogP contribution in [0.4, 0.5) is 5.82 Å². The lowest BCUT2D eigenvalue weighted by molar-refractivity contribution is 0.102. The molecule has 0 atom stereocenters. The summed E-state index contributed by atoms with van der Waals surface area (Å²) in [6.07, 6.45) is 2.88. The Labute approximate surface area is 175 Å². The van der Waals surface area contributed by atoms with Crippen LogP contribution in [0.1, 0.15) is 39.2 Å². The average Bonchev–Trinajstić information content (AvgIpc) is 3.26. The minimum absolute atomic E-state index is 0.134. The van der Waals surface area contributed by atoms with Crippen LogP contribution in [0.5, 0.6) is 5.75 Å². The summed E-state index contributed by atoms with van der Waals surface area (Å²) in [6, 6.07) is 11.2. The number of rotatable bonds is 5. The minimum Gasteiger partial charge on any atom is -0.379 e. The third-order valence-electron chi connectivity index (χ3n) is 5.24. The molecule has 30 heavy (non-hydrogen) atoms. The highest BCUT2D eigenvalue weighted by Crippen LogP contribution is 2.28. The third-order valence-corrected chi connectivity index (χ3v) is 6.63. The van der Waals surface area contributed by atoms with Crippen molar-refractivity contribution in [2.75, 3.05) is 5.32 Å². The molecule has 1 aromatic heterocycles. The Bertz CT molecular complexity index is 1230. The largest absolute Gasteiger partial charge is 0.379 e. The van der Waals surface area contributed by atoms with Gasteiger partial charge in [0.25, 0.3) is 5.91 Å². The molecule has 1 heterocycles. The van der Waals surface area contributed by atoms with E-state index >= 15 is 0 Å². The van der Waals surface area contributed by atoms with Crippen LogP contribution in [0.3, 0.4) is 0 Å². The van der Waals surface area contributed by atoms with Gasteiger partial charge in [-0.15, -0.1) is 0 Å². The van der Waals surface area contributed by atoms with E-state index in [2.05, 4.69) is 10.4 Å². The molecule has 3 aromatic rings. The number of aromatic nitrogens is 2. The summed E-state index contributed by atoms with van der Waals surface area (Å²) in [7, 11) is -2.16. The molecule has 4 rings (SSSR count). The van der Waals surface area contributed by atoms with Gasteiger partial charge < -0.3 is 9.50 Å². The van der Waals surface area contributed by atoms with Crippen LogP contribution in [0, 0.1) is 13.8 Å². The second-order valence-corrected chi connectivity index (χ2v) is 9.05. The normalized spacial score (nSPS) is 13.2. The Hall–Kier alpha value is -3.13. The molecule has 1 aliphatic rings. The first-order valence-corrected chi connectivity index (χ1v) is 11.1. The summed E-state index contributed by atoms with van der Waals surface area (Å²) in [6.45, 7) is 3.54. The lowest BCUT2D eigenvalue weighted by Crippen LogP contribution is -2.16. The topological polar surface area (TPSA) is 90.3 Å². The van der Waals surface area contributed by atoms with Crippen molar-refractivity contribution in [3.05, 3.63) is 70.4 Å². The van der Waals surface area contributed by atoms with Crippen LogP contribution < -0.4 is 9.50 Å². The first-order valence-electron chi connectivity index (χ1n) is 9.72. The van der Waals surface area contributed by atoms with Crippen molar-refractivity contribution in [1.29, 1.82) is 0 Å². The van der Waals surface area contributed by atoms with Crippen molar-refractivity contribution in [2.24, 2.45) is 7.05 Å². The fourth-order valence-electron chi connectivity index (χ4n) is 3.67. The highest BCUT2D eigenvalue weighted by Gasteiger charge is 2.23. The summed E-state index contributed by atoms with van der Waals surface area (Å²) in [5.74, 6) is 0.579. The van der Waals surface area contributed by atoms with E-state index in [0.717, 1.165) is 36.1 Å². The van der Waals surface area contributed by atoms with E-state index in [1.807, 2.05) is 20.0 Å². The van der Waals surface area contributed by atoms with Gasteiger partial charge in [-0.05, 0) is 74.6 Å². The standard InChI is InChI=1S/C22H23N3O4S/c1-14-7-8-15(2)20(13-14)30(27,28)29-17-11-9-16(10-12-17)22(26)23-21-18-5-4-6-19(18)24-25(21)3/h7-13H,4-6H2,1-3H3,(H,23,26). The number of fused-ring (bicyclic) bond motifs is 1. The van der Waals surface area contributed by atoms with Crippen molar-refractivity contribution in [3.8, 4) is 5.75 Å². The van der Waals surface area contributed by atoms with E-state index in [-0.39, 0.29) is 16.6 Å². The van der Waals surface area contributed by atoms with Gasteiger partial charge in [0.1, 0.15) is 16.5 Å². The lowest BCUT2D eigenvalue weighted by Gasteiger charge is -2.11. The van der Waals surface area contributed by atoms with E-state index in [1.165, 1.54) is 12.1 Å². The minimum atomic E-state index is -3.97. The third kappa shape index (κ3) is 3.82. The van der Waals surface area contributed by atoms with Crippen molar-refractivity contribution in [1.82, 2.24) is 9.78 Å². The molecule has 0 aliphatic heterocycles. The molecule has 1 N–H and O–H groups in total. The van der Waals surface area contributed by atoms with Crippen LogP contribution in [0.25, 0.3) is 0 Å². The van der Waals surface area contributed by atoms with Gasteiger partial charge in [0, 0.05) is 18.2 Å². The molecule has 0 radical (unpaired) electrons. The number of carbonyl (C=O) groups is 1. The fraction of sp³-hybridized carbons (Fsp3) is 0.273. The van der Waals surface area contributed by atoms with E-state index < -0.39 is 10.1 Å². The van der Waals surface area contributed by atoms with Gasteiger partial charge in [-0.3, -0.25) is 9.48 Å². The summed E-state index contributed by atoms with van der Waals surface area (Å²) < 4.78 is 32.2. The van der Waals surface area contributed by atoms with Crippen LogP contribution in [-0.4, -0.2) is 24.1 Å². The maximum Gasteiger partial charge on any atom is 0.339 e. The molecular formula is C22H23N3O4S. The first-order chi connectivity index (χ1) is 14.2. The number of hydrogen-bond donors (Lipinski definition) is 1. The molecule has 0 spiro atoms. The SMILES string of the molecule is Cc1ccc(C)c(S(=O)(=O)Oc2ccc(C(=O)Nc3c4c(nn3C)CCC4)cc2)c1. The van der Waals surface area contributed by atoms with Gasteiger partial charge in [0.05, 0.1) is 5.69 Å². The Morgan fingerprint density at radius 3 is 2.57 bits per heavy atom. The Morgan fingerprint density at radius 1 is 1.10 bits per heavy atom. The monoisotopic (exact) mass is 425 g/mol. The Kier molecular flexibility index (Phi) is 5.11. The molecule has 0 unspecified atom stereocenters. The van der Waals surface area contributed by atoms with Gasteiger partial charge in [-0.25, -0.2) is 0 Å². The van der Waals surface area contributed by atoms with E-state index in [0.29, 0.717) is 16.9 Å². The zero-order chi connectivity index (χ0) is 21.5. The fourth-order valence-corrected chi connectivity index (χ4v) is 4.91. The van der Waals surface area contributed by atoms with Gasteiger partial charge in [0.15, 0.2) is 0 Å². The second-order valence-electron chi connectivity index (χ2n) is 7.54. The maximum absolute atomic E-state index is 12.7. The quantitative estimate of drug-likeness (QED) is 0.632. The lowest BCUT2D eigenvalue weighted by atomic mass is 10.2. The van der Waals surface area contributed by atoms with Crippen LogP contribution >= 0.6 is 0 Å². The molecule has 0 saturated carbocycles. The molecule has 7 nitrogen and oxygen atoms in total. The average molecular weight is 426 g/mol. The number of amides is 1. The molecule has 0 saturated heterocycles. The highest BCUT2D eigenvalue weighted by atomic mass is 32.2. The summed E-state index contributed by atoms with van der Waals surface area (Å²) in [5.41, 5.74) is 3.97. The number of hydrogen-bond acceptors (Lipinski definition) is 5. The highest BCUT2D eigenvalue weighted by molar-refractivity contribution is 7.87. The van der Waals surface area contributed by atoms with E-state index in [1.54, 1.807) is 35.9 Å². The van der Waals surface area contributed by atoms with Crippen molar-refractivity contribution >= 4 is 21.8 Å². The first kappa shape index (κ1) is 20.2. The van der Waals surface area contributed by atoms with Gasteiger partial charge >= 0.3 is 10.1 Å². The number of benzene rings is 2. The molecule has 1 aliphatic carbocycles. The Balaban J connectivity index is 1.50. The summed E-state index contributed by atoms with van der Waals surface area (Å²) in [4.78, 5) is 12.8. The number of anilines is 1. The van der Waals surface area contributed by atoms with E-state index in [9.17, 15) is 13.2 Å².